The maximum absolute atomic E-state index is 5.91. The van der Waals surface area contributed by atoms with Crippen LogP contribution in [-0.2, 0) is 25.9 Å². The Labute approximate surface area is 223 Å². The summed E-state index contributed by atoms with van der Waals surface area (Å²) >= 11 is 0. The van der Waals surface area contributed by atoms with E-state index in [4.69, 9.17) is 14.2 Å². The van der Waals surface area contributed by atoms with Crippen molar-refractivity contribution in [1.29, 1.82) is 0 Å². The first-order valence-corrected chi connectivity index (χ1v) is 12.8. The highest BCUT2D eigenvalue weighted by Crippen LogP contribution is 2.36. The quantitative estimate of drug-likeness (QED) is 0.270. The Hall–Kier alpha value is -2.69. The molecular formula is C31H40ClNO3. The fraction of sp³-hybridized carbons (Fsp3) is 0.419. The first kappa shape index (κ1) is 27.9. The van der Waals surface area contributed by atoms with Gasteiger partial charge in [-0.1, -0.05) is 42.5 Å². The van der Waals surface area contributed by atoms with Crippen LogP contribution >= 0.6 is 12.4 Å². The molecule has 3 aromatic carbocycles. The van der Waals surface area contributed by atoms with Gasteiger partial charge in [-0.15, -0.1) is 12.4 Å². The molecule has 0 heterocycles. The number of hydrogen-bond donors (Lipinski definition) is 0. The summed E-state index contributed by atoms with van der Waals surface area (Å²) in [6.45, 7) is 2.83. The number of rotatable bonds is 12. The molecule has 0 fully saturated rings. The third-order valence-electron chi connectivity index (χ3n) is 7.14. The van der Waals surface area contributed by atoms with Gasteiger partial charge in [-0.2, -0.15) is 0 Å². The highest BCUT2D eigenvalue weighted by atomic mass is 35.5. The molecule has 194 valence electrons. The van der Waals surface area contributed by atoms with Gasteiger partial charge in [-0.05, 0) is 105 Å². The van der Waals surface area contributed by atoms with Gasteiger partial charge in [0, 0.05) is 6.54 Å². The molecule has 1 aliphatic carbocycles. The van der Waals surface area contributed by atoms with E-state index in [1.807, 2.05) is 18.2 Å². The fourth-order valence-corrected chi connectivity index (χ4v) is 4.98. The van der Waals surface area contributed by atoms with Crippen LogP contribution < -0.4 is 14.2 Å². The molecule has 0 radical (unpaired) electrons. The van der Waals surface area contributed by atoms with Gasteiger partial charge < -0.3 is 19.1 Å². The van der Waals surface area contributed by atoms with Crippen LogP contribution in [0.15, 0.2) is 66.7 Å². The predicted octanol–water partition coefficient (Wildman–Crippen LogP) is 6.76. The minimum atomic E-state index is 0. The van der Waals surface area contributed by atoms with Crippen LogP contribution in [0.5, 0.6) is 17.2 Å². The largest absolute Gasteiger partial charge is 0.493 e. The Morgan fingerprint density at radius 1 is 0.833 bits per heavy atom. The molecule has 36 heavy (non-hydrogen) atoms. The second-order valence-corrected chi connectivity index (χ2v) is 9.70. The Kier molecular flexibility index (Phi) is 11.0. The van der Waals surface area contributed by atoms with E-state index in [9.17, 15) is 0 Å². The zero-order valence-corrected chi connectivity index (χ0v) is 22.7. The average molecular weight is 510 g/mol. The number of likely N-dealkylation sites (N-methyl/N-ethyl adjacent to an activating group) is 1. The van der Waals surface area contributed by atoms with Crippen molar-refractivity contribution < 1.29 is 14.2 Å². The lowest BCUT2D eigenvalue weighted by atomic mass is 9.81. The Bertz CT molecular complexity index is 1060. The van der Waals surface area contributed by atoms with Crippen molar-refractivity contribution in [2.45, 2.75) is 45.1 Å². The first-order chi connectivity index (χ1) is 17.1. The van der Waals surface area contributed by atoms with Gasteiger partial charge in [-0.25, -0.2) is 0 Å². The Morgan fingerprint density at radius 2 is 1.53 bits per heavy atom. The van der Waals surface area contributed by atoms with E-state index >= 15 is 0 Å². The van der Waals surface area contributed by atoms with Crippen LogP contribution in [-0.4, -0.2) is 39.3 Å². The number of benzene rings is 3. The molecule has 4 rings (SSSR count). The van der Waals surface area contributed by atoms with Gasteiger partial charge in [-0.3, -0.25) is 0 Å². The molecule has 0 aromatic heterocycles. The zero-order chi connectivity index (χ0) is 24.5. The molecule has 3 aromatic rings. The summed E-state index contributed by atoms with van der Waals surface area (Å²) in [4.78, 5) is 2.46. The standard InChI is InChI=1S/C31H39NO3.ClH/c1-32(19-17-24-12-15-29(16-13-24)35-23-26-8-5-4-6-9-26)18-7-10-25-11-14-27-21-30(33-2)31(34-3)22-28(27)20-25;/h4-6,8-9,12-13,15-16,21-22,25H,7,10-11,14,17-20,23H2,1-3H3;1H. The van der Waals surface area contributed by atoms with Crippen molar-refractivity contribution in [2.75, 3.05) is 34.4 Å². The van der Waals surface area contributed by atoms with Gasteiger partial charge in [0.1, 0.15) is 12.4 Å². The molecule has 0 saturated heterocycles. The average Bonchev–Trinajstić information content (AvgIpc) is 2.91. The van der Waals surface area contributed by atoms with Gasteiger partial charge >= 0.3 is 0 Å². The van der Waals surface area contributed by atoms with Crippen LogP contribution in [0.4, 0.5) is 0 Å². The molecule has 0 saturated carbocycles. The summed E-state index contributed by atoms with van der Waals surface area (Å²) in [6, 6.07) is 23.2. The Balaban J connectivity index is 0.00000361. The van der Waals surface area contributed by atoms with Crippen molar-refractivity contribution in [3.63, 3.8) is 0 Å². The molecule has 0 spiro atoms. The molecule has 1 aliphatic rings. The number of ether oxygens (including phenoxy) is 3. The van der Waals surface area contributed by atoms with Gasteiger partial charge in [0.2, 0.25) is 0 Å². The van der Waals surface area contributed by atoms with Gasteiger partial charge in [0.25, 0.3) is 0 Å². The van der Waals surface area contributed by atoms with Crippen molar-refractivity contribution >= 4 is 12.4 Å². The minimum Gasteiger partial charge on any atom is -0.493 e. The Morgan fingerprint density at radius 3 is 2.22 bits per heavy atom. The smallest absolute Gasteiger partial charge is 0.161 e. The second-order valence-electron chi connectivity index (χ2n) is 9.70. The van der Waals surface area contributed by atoms with E-state index < -0.39 is 0 Å². The van der Waals surface area contributed by atoms with E-state index in [1.165, 1.54) is 41.5 Å². The maximum Gasteiger partial charge on any atom is 0.161 e. The van der Waals surface area contributed by atoms with E-state index in [0.29, 0.717) is 6.61 Å². The molecule has 0 N–H and O–H groups in total. The van der Waals surface area contributed by atoms with Crippen molar-refractivity contribution in [3.8, 4) is 17.2 Å². The lowest BCUT2D eigenvalue weighted by molar-refractivity contribution is 0.304. The first-order valence-electron chi connectivity index (χ1n) is 12.8. The highest BCUT2D eigenvalue weighted by molar-refractivity contribution is 5.85. The van der Waals surface area contributed by atoms with Crippen molar-refractivity contribution in [1.82, 2.24) is 4.90 Å². The van der Waals surface area contributed by atoms with Crippen LogP contribution in [0.3, 0.4) is 0 Å². The van der Waals surface area contributed by atoms with Crippen LogP contribution in [0.1, 0.15) is 41.5 Å². The molecular weight excluding hydrogens is 470 g/mol. The monoisotopic (exact) mass is 509 g/mol. The van der Waals surface area contributed by atoms with Crippen LogP contribution in [0, 0.1) is 5.92 Å². The number of fused-ring (bicyclic) bond motifs is 1. The number of aryl methyl sites for hydroxylation is 1. The van der Waals surface area contributed by atoms with E-state index in [1.54, 1.807) is 14.2 Å². The minimum absolute atomic E-state index is 0. The fourth-order valence-electron chi connectivity index (χ4n) is 4.98. The normalized spacial score (nSPS) is 14.6. The summed E-state index contributed by atoms with van der Waals surface area (Å²) in [5.41, 5.74) is 5.41. The summed E-state index contributed by atoms with van der Waals surface area (Å²) < 4.78 is 16.9. The molecule has 5 heteroatoms. The zero-order valence-electron chi connectivity index (χ0n) is 21.9. The summed E-state index contributed by atoms with van der Waals surface area (Å²) in [5.74, 6) is 3.39. The second kappa shape index (κ2) is 14.2. The number of methoxy groups -OCH3 is 2. The molecule has 4 nitrogen and oxygen atoms in total. The van der Waals surface area contributed by atoms with E-state index in [2.05, 4.69) is 60.5 Å². The SMILES string of the molecule is COc1cc2c(cc1OC)CC(CCCN(C)CCc1ccc(OCc3ccccc3)cc1)CC2.Cl. The summed E-state index contributed by atoms with van der Waals surface area (Å²) in [7, 11) is 5.67. The van der Waals surface area contributed by atoms with Crippen molar-refractivity contribution in [2.24, 2.45) is 5.92 Å². The van der Waals surface area contributed by atoms with E-state index in [-0.39, 0.29) is 12.4 Å². The van der Waals surface area contributed by atoms with Crippen LogP contribution in [0.25, 0.3) is 0 Å². The lowest BCUT2D eigenvalue weighted by Gasteiger charge is -2.26. The van der Waals surface area contributed by atoms with Gasteiger partial charge in [0.05, 0.1) is 14.2 Å². The highest BCUT2D eigenvalue weighted by Gasteiger charge is 2.21. The number of halogens is 1. The van der Waals surface area contributed by atoms with Crippen molar-refractivity contribution in [3.05, 3.63) is 89.0 Å². The molecule has 0 bridgehead atoms. The molecule has 0 amide bonds. The van der Waals surface area contributed by atoms with Crippen LogP contribution in [0.2, 0.25) is 0 Å². The number of nitrogens with zero attached hydrogens (tertiary/aromatic N) is 1. The van der Waals surface area contributed by atoms with E-state index in [0.717, 1.165) is 55.5 Å². The molecule has 1 atom stereocenters. The maximum atomic E-state index is 5.91. The third-order valence-corrected chi connectivity index (χ3v) is 7.14. The molecule has 1 unspecified atom stereocenters. The molecule has 0 aliphatic heterocycles. The topological polar surface area (TPSA) is 30.9 Å². The lowest BCUT2D eigenvalue weighted by Crippen LogP contribution is -2.23. The number of hydrogen-bond acceptors (Lipinski definition) is 4. The summed E-state index contributed by atoms with van der Waals surface area (Å²) in [5, 5.41) is 0. The third kappa shape index (κ3) is 7.91. The summed E-state index contributed by atoms with van der Waals surface area (Å²) in [6.07, 6.45) is 7.15. The van der Waals surface area contributed by atoms with Gasteiger partial charge in [0.15, 0.2) is 11.5 Å². The predicted molar refractivity (Wildman–Crippen MR) is 150 cm³/mol.